The molecule has 27 heavy (non-hydrogen) atoms. The van der Waals surface area contributed by atoms with Crippen molar-refractivity contribution in [1.82, 2.24) is 14.9 Å². The number of H-pyrrole nitrogens is 2. The zero-order chi connectivity index (χ0) is 18.5. The van der Waals surface area contributed by atoms with Gasteiger partial charge < -0.3 is 9.97 Å². The number of rotatable bonds is 3. The molecule has 2 amide bonds. The van der Waals surface area contributed by atoms with E-state index in [-0.39, 0.29) is 18.2 Å². The summed E-state index contributed by atoms with van der Waals surface area (Å²) < 4.78 is 0. The summed E-state index contributed by atoms with van der Waals surface area (Å²) in [6.45, 7) is 2.26. The number of nitrogens with one attached hydrogen (secondary N) is 2. The second-order valence-electron chi connectivity index (χ2n) is 6.94. The summed E-state index contributed by atoms with van der Waals surface area (Å²) in [5, 5.41) is 2.09. The summed E-state index contributed by atoms with van der Waals surface area (Å²) in [6.07, 6.45) is 2.20. The molecule has 5 heteroatoms. The zero-order valence-electron chi connectivity index (χ0n) is 15.0. The molecule has 0 bridgehead atoms. The molecule has 2 aromatic carbocycles. The summed E-state index contributed by atoms with van der Waals surface area (Å²) in [6, 6.07) is 16.1. The molecule has 1 saturated heterocycles. The van der Waals surface area contributed by atoms with Gasteiger partial charge in [0, 0.05) is 46.5 Å². The third-order valence-corrected chi connectivity index (χ3v) is 5.51. The lowest BCUT2D eigenvalue weighted by molar-refractivity contribution is -0.138. The average molecular weight is 357 g/mol. The van der Waals surface area contributed by atoms with E-state index in [1.165, 1.54) is 4.90 Å². The number of aromatic amines is 2. The Balaban J connectivity index is 1.78. The van der Waals surface area contributed by atoms with Crippen LogP contribution in [-0.2, 0) is 9.59 Å². The van der Waals surface area contributed by atoms with E-state index in [0.717, 1.165) is 38.6 Å². The van der Waals surface area contributed by atoms with Crippen LogP contribution in [0.15, 0.2) is 54.7 Å². The Morgan fingerprint density at radius 1 is 1.00 bits per heavy atom. The van der Waals surface area contributed by atoms with Crippen molar-refractivity contribution in [2.45, 2.75) is 19.3 Å². The molecule has 1 aliphatic rings. The molecule has 0 saturated carbocycles. The van der Waals surface area contributed by atoms with Gasteiger partial charge in [0.15, 0.2) is 0 Å². The van der Waals surface area contributed by atoms with Crippen molar-refractivity contribution >= 4 is 33.6 Å². The van der Waals surface area contributed by atoms with Gasteiger partial charge in [-0.2, -0.15) is 0 Å². The number of benzene rings is 2. The van der Waals surface area contributed by atoms with Gasteiger partial charge in [-0.25, -0.2) is 0 Å². The molecule has 0 aliphatic carbocycles. The van der Waals surface area contributed by atoms with Crippen LogP contribution in [0, 0.1) is 0 Å². The molecule has 1 atom stereocenters. The topological polar surface area (TPSA) is 69.0 Å². The molecule has 3 heterocycles. The normalized spacial score (nSPS) is 17.5. The van der Waals surface area contributed by atoms with Crippen LogP contribution in [0.3, 0.4) is 0 Å². The molecule has 5 rings (SSSR count). The highest BCUT2D eigenvalue weighted by atomic mass is 16.2. The van der Waals surface area contributed by atoms with Crippen molar-refractivity contribution < 1.29 is 9.59 Å². The van der Waals surface area contributed by atoms with E-state index in [2.05, 4.69) is 16.0 Å². The number of likely N-dealkylation sites (tertiary alicyclic amines) is 1. The second-order valence-corrected chi connectivity index (χ2v) is 6.94. The minimum Gasteiger partial charge on any atom is -0.360 e. The maximum atomic E-state index is 13.0. The SMILES string of the molecule is CCN1C(=O)CC(c2c(-c3c[nH]c4ccccc34)[nH]c3ccccc23)C1=O. The molecule has 0 radical (unpaired) electrons. The van der Waals surface area contributed by atoms with E-state index in [4.69, 9.17) is 0 Å². The van der Waals surface area contributed by atoms with E-state index in [0.29, 0.717) is 6.54 Å². The van der Waals surface area contributed by atoms with Gasteiger partial charge in [0.2, 0.25) is 11.8 Å². The molecular weight excluding hydrogens is 338 g/mol. The number of amides is 2. The minimum absolute atomic E-state index is 0.0948. The van der Waals surface area contributed by atoms with Crippen molar-refractivity contribution in [1.29, 1.82) is 0 Å². The monoisotopic (exact) mass is 357 g/mol. The van der Waals surface area contributed by atoms with Crippen LogP contribution >= 0.6 is 0 Å². The zero-order valence-corrected chi connectivity index (χ0v) is 15.0. The lowest BCUT2D eigenvalue weighted by Gasteiger charge is -2.13. The number of carbonyl (C=O) groups is 2. The van der Waals surface area contributed by atoms with Crippen molar-refractivity contribution in [2.24, 2.45) is 0 Å². The number of nitrogens with zero attached hydrogens (tertiary/aromatic N) is 1. The first-order valence-electron chi connectivity index (χ1n) is 9.20. The van der Waals surface area contributed by atoms with E-state index < -0.39 is 5.92 Å². The van der Waals surface area contributed by atoms with Gasteiger partial charge in [0.1, 0.15) is 0 Å². The first-order chi connectivity index (χ1) is 13.2. The van der Waals surface area contributed by atoms with Crippen LogP contribution < -0.4 is 0 Å². The van der Waals surface area contributed by atoms with Crippen molar-refractivity contribution in [3.63, 3.8) is 0 Å². The molecule has 0 spiro atoms. The average Bonchev–Trinajstić information content (AvgIpc) is 3.34. The summed E-state index contributed by atoms with van der Waals surface area (Å²) in [5.41, 5.74) is 4.87. The predicted octanol–water partition coefficient (Wildman–Crippen LogP) is 4.18. The van der Waals surface area contributed by atoms with Crippen LogP contribution in [0.25, 0.3) is 33.1 Å². The summed E-state index contributed by atoms with van der Waals surface area (Å²) in [7, 11) is 0. The Bertz CT molecular complexity index is 1200. The third kappa shape index (κ3) is 2.24. The minimum atomic E-state index is -0.447. The molecule has 5 nitrogen and oxygen atoms in total. The quantitative estimate of drug-likeness (QED) is 0.540. The summed E-state index contributed by atoms with van der Waals surface area (Å²) >= 11 is 0. The largest absolute Gasteiger partial charge is 0.360 e. The van der Waals surface area contributed by atoms with Gasteiger partial charge in [0.25, 0.3) is 0 Å². The lowest BCUT2D eigenvalue weighted by Crippen LogP contribution is -2.29. The van der Waals surface area contributed by atoms with Crippen molar-refractivity contribution in [2.75, 3.05) is 6.54 Å². The van der Waals surface area contributed by atoms with Gasteiger partial charge in [0.05, 0.1) is 11.6 Å². The Hall–Kier alpha value is -3.34. The third-order valence-electron chi connectivity index (χ3n) is 5.51. The van der Waals surface area contributed by atoms with Gasteiger partial charge in [-0.1, -0.05) is 36.4 Å². The van der Waals surface area contributed by atoms with Gasteiger partial charge in [-0.3, -0.25) is 14.5 Å². The highest BCUT2D eigenvalue weighted by molar-refractivity contribution is 6.10. The number of aromatic nitrogens is 2. The number of fused-ring (bicyclic) bond motifs is 2. The molecule has 134 valence electrons. The van der Waals surface area contributed by atoms with Crippen molar-refractivity contribution in [3.8, 4) is 11.3 Å². The first kappa shape index (κ1) is 15.9. The number of para-hydroxylation sites is 2. The number of imide groups is 1. The smallest absolute Gasteiger partial charge is 0.237 e. The molecular formula is C22H19N3O2. The highest BCUT2D eigenvalue weighted by Gasteiger charge is 2.41. The first-order valence-corrected chi connectivity index (χ1v) is 9.20. The van der Waals surface area contributed by atoms with Crippen molar-refractivity contribution in [3.05, 3.63) is 60.3 Å². The van der Waals surface area contributed by atoms with E-state index in [1.54, 1.807) is 0 Å². The molecule has 4 aromatic rings. The van der Waals surface area contributed by atoms with Gasteiger partial charge in [-0.15, -0.1) is 0 Å². The number of likely N-dealkylation sites (N-methyl/N-ethyl adjacent to an activating group) is 1. The Morgan fingerprint density at radius 2 is 1.70 bits per heavy atom. The fourth-order valence-corrected chi connectivity index (χ4v) is 4.26. The fourth-order valence-electron chi connectivity index (χ4n) is 4.26. The molecule has 2 aromatic heterocycles. The Kier molecular flexibility index (Phi) is 3.44. The Morgan fingerprint density at radius 3 is 2.44 bits per heavy atom. The number of carbonyl (C=O) groups excluding carboxylic acids is 2. The second kappa shape index (κ2) is 5.84. The lowest BCUT2D eigenvalue weighted by atomic mass is 9.92. The summed E-state index contributed by atoms with van der Waals surface area (Å²) in [5.74, 6) is -0.645. The standard InChI is InChI=1S/C22H19N3O2/c1-2-25-19(26)11-15(22(25)27)20-14-8-4-6-10-18(14)24-21(20)16-12-23-17-9-5-3-7-13(16)17/h3-10,12,15,23-24H,2,11H2,1H3. The van der Waals surface area contributed by atoms with E-state index in [9.17, 15) is 9.59 Å². The maximum Gasteiger partial charge on any atom is 0.237 e. The van der Waals surface area contributed by atoms with Gasteiger partial charge >= 0.3 is 0 Å². The number of hydrogen-bond acceptors (Lipinski definition) is 2. The van der Waals surface area contributed by atoms with Crippen LogP contribution in [-0.4, -0.2) is 33.2 Å². The van der Waals surface area contributed by atoms with Crippen LogP contribution in [0.4, 0.5) is 0 Å². The molecule has 1 unspecified atom stereocenters. The number of hydrogen-bond donors (Lipinski definition) is 2. The summed E-state index contributed by atoms with van der Waals surface area (Å²) in [4.78, 5) is 33.5. The van der Waals surface area contributed by atoms with E-state index in [1.807, 2.05) is 55.6 Å². The molecule has 1 fully saturated rings. The predicted molar refractivity (Wildman–Crippen MR) is 105 cm³/mol. The Labute approximate surface area is 156 Å². The molecule has 2 N–H and O–H groups in total. The van der Waals surface area contributed by atoms with Crippen LogP contribution in [0.1, 0.15) is 24.8 Å². The fraction of sp³-hybridized carbons (Fsp3) is 0.182. The van der Waals surface area contributed by atoms with Crippen LogP contribution in [0.2, 0.25) is 0 Å². The maximum absolute atomic E-state index is 13.0. The van der Waals surface area contributed by atoms with Gasteiger partial charge in [-0.05, 0) is 24.6 Å². The van der Waals surface area contributed by atoms with Crippen LogP contribution in [0.5, 0.6) is 0 Å². The highest BCUT2D eigenvalue weighted by Crippen LogP contribution is 2.42. The molecule has 1 aliphatic heterocycles. The van der Waals surface area contributed by atoms with E-state index >= 15 is 0 Å².